The monoisotopic (exact) mass is 577 g/mol. The maximum atomic E-state index is 11.6. The molecule has 0 rings (SSSR count). The predicted octanol–water partition coefficient (Wildman–Crippen LogP) is 11.9. The Labute approximate surface area is 255 Å². The number of allylic oxidation sites excluding steroid dienone is 2. The highest BCUT2D eigenvalue weighted by atomic mass is 16.5. The van der Waals surface area contributed by atoms with E-state index in [1.165, 1.54) is 160 Å². The number of carboxylic acid groups (broad SMARTS) is 1. The second kappa shape index (κ2) is 32.9. The Balaban J connectivity index is 3.31. The molecule has 0 bridgehead atoms. The topological polar surface area (TPSA) is 63.6 Å². The number of aliphatic carboxylic acids is 1. The lowest BCUT2D eigenvalue weighted by molar-refractivity contribution is -0.151. The van der Waals surface area contributed by atoms with Crippen LogP contribution in [0.5, 0.6) is 0 Å². The van der Waals surface area contributed by atoms with Gasteiger partial charge in [0.1, 0.15) is 6.61 Å². The highest BCUT2D eigenvalue weighted by molar-refractivity contribution is 5.78. The number of esters is 1. The maximum absolute atomic E-state index is 11.6. The van der Waals surface area contributed by atoms with E-state index < -0.39 is 17.9 Å². The quantitative estimate of drug-likeness (QED) is 0.0479. The molecular formula is C37H68O4. The van der Waals surface area contributed by atoms with E-state index in [0.717, 1.165) is 6.42 Å². The first kappa shape index (κ1) is 39.4. The van der Waals surface area contributed by atoms with E-state index in [1.54, 1.807) is 0 Å². The highest BCUT2D eigenvalue weighted by Gasteiger charge is 2.21. The van der Waals surface area contributed by atoms with Gasteiger partial charge in [-0.2, -0.15) is 0 Å². The summed E-state index contributed by atoms with van der Waals surface area (Å²) in [6.07, 6.45) is 41.7. The van der Waals surface area contributed by atoms with Crippen LogP contribution in [-0.4, -0.2) is 23.7 Å². The van der Waals surface area contributed by atoms with E-state index in [9.17, 15) is 14.7 Å². The summed E-state index contributed by atoms with van der Waals surface area (Å²) in [4.78, 5) is 23.0. The first-order valence-corrected chi connectivity index (χ1v) is 17.8. The smallest absolute Gasteiger partial charge is 0.307 e. The van der Waals surface area contributed by atoms with Gasteiger partial charge in [-0.1, -0.05) is 179 Å². The van der Waals surface area contributed by atoms with Crippen LogP contribution in [0.4, 0.5) is 0 Å². The molecular weight excluding hydrogens is 508 g/mol. The molecule has 0 saturated heterocycles. The van der Waals surface area contributed by atoms with Gasteiger partial charge in [0, 0.05) is 0 Å². The summed E-state index contributed by atoms with van der Waals surface area (Å²) < 4.78 is 4.90. The minimum absolute atomic E-state index is 0.0729. The molecule has 0 aromatic rings. The molecule has 41 heavy (non-hydrogen) atoms. The van der Waals surface area contributed by atoms with Crippen LogP contribution in [0, 0.1) is 5.92 Å². The summed E-state index contributed by atoms with van der Waals surface area (Å²) >= 11 is 0. The average molecular weight is 577 g/mol. The number of carbonyl (C=O) groups is 2. The van der Waals surface area contributed by atoms with Gasteiger partial charge in [0.2, 0.25) is 0 Å². The van der Waals surface area contributed by atoms with Crippen LogP contribution in [0.3, 0.4) is 0 Å². The molecule has 0 aliphatic carbocycles. The zero-order valence-electron chi connectivity index (χ0n) is 27.2. The lowest BCUT2D eigenvalue weighted by Crippen LogP contribution is -2.19. The molecule has 1 unspecified atom stereocenters. The molecule has 1 N–H and O–H groups in total. The number of rotatable bonds is 33. The summed E-state index contributed by atoms with van der Waals surface area (Å²) in [7, 11) is 0. The Bertz CT molecular complexity index is 612. The van der Waals surface area contributed by atoms with E-state index in [4.69, 9.17) is 4.74 Å². The van der Waals surface area contributed by atoms with E-state index in [-0.39, 0.29) is 13.0 Å². The van der Waals surface area contributed by atoms with Crippen molar-refractivity contribution < 1.29 is 19.4 Å². The fourth-order valence-electron chi connectivity index (χ4n) is 5.48. The van der Waals surface area contributed by atoms with Gasteiger partial charge >= 0.3 is 11.9 Å². The summed E-state index contributed by atoms with van der Waals surface area (Å²) in [5.41, 5.74) is 0. The van der Waals surface area contributed by atoms with Crippen molar-refractivity contribution in [1.82, 2.24) is 0 Å². The molecule has 4 heteroatoms. The summed E-state index contributed by atoms with van der Waals surface area (Å²) in [5.74, 6) is -2.08. The van der Waals surface area contributed by atoms with Crippen molar-refractivity contribution in [3.8, 4) is 0 Å². The molecule has 240 valence electrons. The van der Waals surface area contributed by atoms with Gasteiger partial charge in [-0.15, -0.1) is 0 Å². The minimum atomic E-state index is -0.932. The van der Waals surface area contributed by atoms with Crippen LogP contribution in [0.1, 0.15) is 187 Å². The van der Waals surface area contributed by atoms with Gasteiger partial charge in [0.15, 0.2) is 0 Å². The summed E-state index contributed by atoms with van der Waals surface area (Å²) in [6, 6.07) is 0. The first-order valence-electron chi connectivity index (χ1n) is 17.8. The van der Waals surface area contributed by atoms with Crippen molar-refractivity contribution in [3.63, 3.8) is 0 Å². The normalized spacial score (nSPS) is 12.1. The van der Waals surface area contributed by atoms with Gasteiger partial charge in [0.25, 0.3) is 0 Å². The molecule has 0 aromatic heterocycles. The molecule has 4 nitrogen and oxygen atoms in total. The zero-order valence-corrected chi connectivity index (χ0v) is 27.2. The number of carboxylic acids is 1. The Morgan fingerprint density at radius 1 is 0.610 bits per heavy atom. The number of unbranched alkanes of at least 4 members (excludes halogenated alkanes) is 24. The lowest BCUT2D eigenvalue weighted by atomic mass is 9.99. The average Bonchev–Trinajstić information content (AvgIpc) is 2.96. The Morgan fingerprint density at radius 3 is 1.34 bits per heavy atom. The van der Waals surface area contributed by atoms with Crippen molar-refractivity contribution in [3.05, 3.63) is 24.8 Å². The van der Waals surface area contributed by atoms with Crippen molar-refractivity contribution in [1.29, 1.82) is 0 Å². The third-order valence-corrected chi connectivity index (χ3v) is 8.20. The predicted molar refractivity (Wildman–Crippen MR) is 176 cm³/mol. The standard InChI is InChI=1S/C37H68O4/c1-3-5-6-7-8-9-10-11-12-13-14-15-16-17-18-19-20-21-22-23-24-25-26-27-28-29-30-31-32-35(37(39)40)34-36(38)41-33-4-2/h4,29-30,35H,2-3,5-28,31-34H2,1H3,(H,39,40)/b30-29+. The van der Waals surface area contributed by atoms with Crippen LogP contribution in [0.25, 0.3) is 0 Å². The van der Waals surface area contributed by atoms with Crippen molar-refractivity contribution >= 4 is 11.9 Å². The molecule has 0 amide bonds. The molecule has 0 aliphatic rings. The molecule has 1 atom stereocenters. The number of hydrogen-bond donors (Lipinski definition) is 1. The van der Waals surface area contributed by atoms with E-state index in [0.29, 0.717) is 12.8 Å². The summed E-state index contributed by atoms with van der Waals surface area (Å²) in [6.45, 7) is 5.91. The molecule has 0 heterocycles. The van der Waals surface area contributed by atoms with Crippen LogP contribution in [0.15, 0.2) is 24.8 Å². The van der Waals surface area contributed by atoms with Gasteiger partial charge in [-0.3, -0.25) is 9.59 Å². The molecule has 0 saturated carbocycles. The fourth-order valence-corrected chi connectivity index (χ4v) is 5.48. The number of hydrogen-bond acceptors (Lipinski definition) is 3. The second-order valence-corrected chi connectivity index (χ2v) is 12.2. The third-order valence-electron chi connectivity index (χ3n) is 8.20. The molecule has 0 radical (unpaired) electrons. The van der Waals surface area contributed by atoms with E-state index >= 15 is 0 Å². The third kappa shape index (κ3) is 31.2. The Kier molecular flexibility index (Phi) is 31.7. The lowest BCUT2D eigenvalue weighted by Gasteiger charge is -2.10. The SMILES string of the molecule is C=CCOC(=O)CC(CC/C=C/CCCCCCCCCCCCCCCCCCCCCCCCCC)C(=O)O. The van der Waals surface area contributed by atoms with Crippen LogP contribution in [0.2, 0.25) is 0 Å². The zero-order chi connectivity index (χ0) is 30.1. The number of ether oxygens (including phenoxy) is 1. The fraction of sp³-hybridized carbons (Fsp3) is 0.838. The minimum Gasteiger partial charge on any atom is -0.481 e. The highest BCUT2D eigenvalue weighted by Crippen LogP contribution is 2.17. The Morgan fingerprint density at radius 2 is 0.976 bits per heavy atom. The largest absolute Gasteiger partial charge is 0.481 e. The second-order valence-electron chi connectivity index (χ2n) is 12.2. The first-order chi connectivity index (χ1) is 20.1. The molecule has 0 aromatic carbocycles. The summed E-state index contributed by atoms with van der Waals surface area (Å²) in [5, 5.41) is 9.30. The van der Waals surface area contributed by atoms with Gasteiger partial charge in [-0.25, -0.2) is 0 Å². The maximum Gasteiger partial charge on any atom is 0.307 e. The molecule has 0 spiro atoms. The van der Waals surface area contributed by atoms with Gasteiger partial charge < -0.3 is 9.84 Å². The van der Waals surface area contributed by atoms with Gasteiger partial charge in [0.05, 0.1) is 12.3 Å². The van der Waals surface area contributed by atoms with E-state index in [1.807, 2.05) is 0 Å². The Hall–Kier alpha value is -1.58. The number of carbonyl (C=O) groups excluding carboxylic acids is 1. The van der Waals surface area contributed by atoms with Crippen LogP contribution < -0.4 is 0 Å². The molecule has 0 fully saturated rings. The molecule has 0 aliphatic heterocycles. The van der Waals surface area contributed by atoms with Crippen molar-refractivity contribution in [2.45, 2.75) is 187 Å². The van der Waals surface area contributed by atoms with Crippen molar-refractivity contribution in [2.24, 2.45) is 5.92 Å². The van der Waals surface area contributed by atoms with E-state index in [2.05, 4.69) is 25.7 Å². The van der Waals surface area contributed by atoms with Gasteiger partial charge in [-0.05, 0) is 25.7 Å². The van der Waals surface area contributed by atoms with Crippen LogP contribution in [-0.2, 0) is 14.3 Å². The van der Waals surface area contributed by atoms with Crippen LogP contribution >= 0.6 is 0 Å². The van der Waals surface area contributed by atoms with Crippen molar-refractivity contribution in [2.75, 3.05) is 6.61 Å².